The predicted molar refractivity (Wildman–Crippen MR) is 44.7 cm³/mol. The van der Waals surface area contributed by atoms with Gasteiger partial charge >= 0.3 is 11.9 Å². The van der Waals surface area contributed by atoms with Crippen LogP contribution in [0.2, 0.25) is 0 Å². The van der Waals surface area contributed by atoms with E-state index in [4.69, 9.17) is 0 Å². The molecule has 6 heteroatoms. The summed E-state index contributed by atoms with van der Waals surface area (Å²) < 4.78 is 8.81. The van der Waals surface area contributed by atoms with E-state index >= 15 is 0 Å². The van der Waals surface area contributed by atoms with Crippen molar-refractivity contribution in [3.63, 3.8) is 0 Å². The summed E-state index contributed by atoms with van der Waals surface area (Å²) in [4.78, 5) is 29.3. The Bertz CT molecular complexity index is 333. The van der Waals surface area contributed by atoms with Crippen molar-refractivity contribution < 1.29 is 19.1 Å². The van der Waals surface area contributed by atoms with Gasteiger partial charge in [0.1, 0.15) is 0 Å². The molecule has 1 rings (SSSR count). The molecule has 0 aliphatic carbocycles. The summed E-state index contributed by atoms with van der Waals surface area (Å²) in [6.07, 6.45) is 1.28. The van der Waals surface area contributed by atoms with Gasteiger partial charge in [0.2, 0.25) is 5.82 Å². The van der Waals surface area contributed by atoms with Crippen molar-refractivity contribution in [2.24, 2.45) is 0 Å². The van der Waals surface area contributed by atoms with Gasteiger partial charge in [0.25, 0.3) is 0 Å². The maximum absolute atomic E-state index is 11.0. The first-order valence-corrected chi connectivity index (χ1v) is 3.68. The molecule has 6 nitrogen and oxygen atoms in total. The van der Waals surface area contributed by atoms with E-state index in [-0.39, 0.29) is 11.5 Å². The minimum Gasteiger partial charge on any atom is -0.464 e. The zero-order chi connectivity index (χ0) is 10.6. The highest BCUT2D eigenvalue weighted by Gasteiger charge is 2.13. The number of hydrogen-bond acceptors (Lipinski definition) is 6. The molecule has 0 aromatic carbocycles. The highest BCUT2D eigenvalue weighted by Crippen LogP contribution is 1.98. The number of rotatable bonds is 2. The summed E-state index contributed by atoms with van der Waals surface area (Å²) in [7, 11) is 2.43. The first-order chi connectivity index (χ1) is 6.69. The molecule has 0 fully saturated rings. The van der Waals surface area contributed by atoms with Gasteiger partial charge in [-0.3, -0.25) is 0 Å². The molecule has 0 saturated heterocycles. The van der Waals surface area contributed by atoms with Gasteiger partial charge in [-0.05, 0) is 6.07 Å². The minimum absolute atomic E-state index is 0.0166. The molecule has 1 aromatic heterocycles. The third kappa shape index (κ3) is 2.03. The molecule has 0 N–H and O–H groups in total. The second-order valence-electron chi connectivity index (χ2n) is 2.25. The van der Waals surface area contributed by atoms with Crippen molar-refractivity contribution in [2.75, 3.05) is 14.2 Å². The summed E-state index contributed by atoms with van der Waals surface area (Å²) >= 11 is 0. The standard InChI is InChI=1S/C8H8N2O4/c1-13-7(11)5-3-4-9-6(10-5)8(12)14-2/h3-4H,1-2H3. The van der Waals surface area contributed by atoms with Crippen molar-refractivity contribution in [1.29, 1.82) is 0 Å². The fraction of sp³-hybridized carbons (Fsp3) is 0.250. The van der Waals surface area contributed by atoms with Crippen LogP contribution in [0.3, 0.4) is 0 Å². The maximum atomic E-state index is 11.0. The zero-order valence-corrected chi connectivity index (χ0v) is 7.68. The van der Waals surface area contributed by atoms with Crippen LogP contribution in [-0.2, 0) is 9.47 Å². The number of esters is 2. The van der Waals surface area contributed by atoms with E-state index in [2.05, 4.69) is 19.4 Å². The quantitative estimate of drug-likeness (QED) is 0.622. The molecule has 0 radical (unpaired) electrons. The monoisotopic (exact) mass is 196 g/mol. The van der Waals surface area contributed by atoms with Crippen LogP contribution in [0.5, 0.6) is 0 Å². The lowest BCUT2D eigenvalue weighted by Crippen LogP contribution is -2.12. The van der Waals surface area contributed by atoms with Crippen LogP contribution in [0, 0.1) is 0 Å². The van der Waals surface area contributed by atoms with E-state index in [1.165, 1.54) is 26.5 Å². The molecule has 0 amide bonds. The van der Waals surface area contributed by atoms with Gasteiger partial charge in [-0.25, -0.2) is 19.6 Å². The Labute approximate surface area is 79.9 Å². The second kappa shape index (κ2) is 4.31. The lowest BCUT2D eigenvalue weighted by Gasteiger charge is -1.99. The van der Waals surface area contributed by atoms with Crippen LogP contribution in [0.1, 0.15) is 21.1 Å². The smallest absolute Gasteiger partial charge is 0.376 e. The van der Waals surface area contributed by atoms with Crippen LogP contribution < -0.4 is 0 Å². The SMILES string of the molecule is COC(=O)c1ccnc(C(=O)OC)n1. The van der Waals surface area contributed by atoms with Gasteiger partial charge in [0.05, 0.1) is 14.2 Å². The lowest BCUT2D eigenvalue weighted by atomic mass is 10.4. The summed E-state index contributed by atoms with van der Waals surface area (Å²) in [5, 5.41) is 0. The molecular formula is C8H8N2O4. The molecule has 1 aromatic rings. The molecule has 0 unspecified atom stereocenters. The summed E-state index contributed by atoms with van der Waals surface area (Å²) in [6, 6.07) is 1.35. The van der Waals surface area contributed by atoms with Crippen LogP contribution in [0.25, 0.3) is 0 Å². The van der Waals surface area contributed by atoms with Crippen LogP contribution in [-0.4, -0.2) is 36.1 Å². The number of hydrogen-bond donors (Lipinski definition) is 0. The van der Waals surface area contributed by atoms with E-state index in [9.17, 15) is 9.59 Å². The van der Waals surface area contributed by atoms with Gasteiger partial charge in [-0.2, -0.15) is 0 Å². The maximum Gasteiger partial charge on any atom is 0.376 e. The van der Waals surface area contributed by atoms with Gasteiger partial charge < -0.3 is 9.47 Å². The van der Waals surface area contributed by atoms with Gasteiger partial charge in [-0.15, -0.1) is 0 Å². The average molecular weight is 196 g/mol. The zero-order valence-electron chi connectivity index (χ0n) is 7.68. The first-order valence-electron chi connectivity index (χ1n) is 3.68. The number of ether oxygens (including phenoxy) is 2. The molecule has 1 heterocycles. The van der Waals surface area contributed by atoms with E-state index in [0.717, 1.165) is 0 Å². The Balaban J connectivity index is 3.01. The van der Waals surface area contributed by atoms with E-state index in [1.807, 2.05) is 0 Å². The predicted octanol–water partition coefficient (Wildman–Crippen LogP) is 0.0498. The highest BCUT2D eigenvalue weighted by atomic mass is 16.5. The molecule has 0 saturated carbocycles. The Morgan fingerprint density at radius 3 is 2.43 bits per heavy atom. The van der Waals surface area contributed by atoms with E-state index in [0.29, 0.717) is 0 Å². The van der Waals surface area contributed by atoms with Crippen LogP contribution in [0.4, 0.5) is 0 Å². The first kappa shape index (κ1) is 10.1. The van der Waals surface area contributed by atoms with E-state index in [1.54, 1.807) is 0 Å². The van der Waals surface area contributed by atoms with E-state index < -0.39 is 11.9 Å². The summed E-state index contributed by atoms with van der Waals surface area (Å²) in [6.45, 7) is 0. The Hall–Kier alpha value is -1.98. The van der Waals surface area contributed by atoms with Crippen molar-refractivity contribution in [1.82, 2.24) is 9.97 Å². The van der Waals surface area contributed by atoms with Crippen molar-refractivity contribution in [3.05, 3.63) is 23.8 Å². The number of aromatic nitrogens is 2. The molecule has 74 valence electrons. The summed E-state index contributed by atoms with van der Waals surface area (Å²) in [5.41, 5.74) is 0.0166. The fourth-order valence-corrected chi connectivity index (χ4v) is 0.767. The Kier molecular flexibility index (Phi) is 3.11. The van der Waals surface area contributed by atoms with Crippen molar-refractivity contribution in [2.45, 2.75) is 0 Å². The number of carbonyl (C=O) groups is 2. The third-order valence-electron chi connectivity index (χ3n) is 1.42. The molecule has 0 bridgehead atoms. The number of methoxy groups -OCH3 is 2. The van der Waals surface area contributed by atoms with Gasteiger partial charge in [-0.1, -0.05) is 0 Å². The summed E-state index contributed by atoms with van der Waals surface area (Å²) in [5.74, 6) is -1.50. The average Bonchev–Trinajstić information content (AvgIpc) is 2.27. The Morgan fingerprint density at radius 1 is 1.21 bits per heavy atom. The van der Waals surface area contributed by atoms with Crippen molar-refractivity contribution in [3.8, 4) is 0 Å². The molecular weight excluding hydrogens is 188 g/mol. The molecule has 0 aliphatic heterocycles. The van der Waals surface area contributed by atoms with Crippen LogP contribution >= 0.6 is 0 Å². The van der Waals surface area contributed by atoms with Crippen molar-refractivity contribution >= 4 is 11.9 Å². The molecule has 14 heavy (non-hydrogen) atoms. The Morgan fingerprint density at radius 2 is 1.86 bits per heavy atom. The second-order valence-corrected chi connectivity index (χ2v) is 2.25. The lowest BCUT2D eigenvalue weighted by molar-refractivity contribution is 0.0580. The highest BCUT2D eigenvalue weighted by molar-refractivity contribution is 5.90. The fourth-order valence-electron chi connectivity index (χ4n) is 0.767. The van der Waals surface area contributed by atoms with Crippen LogP contribution in [0.15, 0.2) is 12.3 Å². The minimum atomic E-state index is -0.698. The largest absolute Gasteiger partial charge is 0.464 e. The molecule has 0 spiro atoms. The van der Waals surface area contributed by atoms with Gasteiger partial charge in [0, 0.05) is 6.20 Å². The van der Waals surface area contributed by atoms with Gasteiger partial charge in [0.15, 0.2) is 5.69 Å². The molecule has 0 aliphatic rings. The topological polar surface area (TPSA) is 78.4 Å². The number of nitrogens with zero attached hydrogens (tertiary/aromatic N) is 2. The third-order valence-corrected chi connectivity index (χ3v) is 1.42. The molecule has 0 atom stereocenters. The number of carbonyl (C=O) groups excluding carboxylic acids is 2. The normalized spacial score (nSPS) is 9.29.